The third-order valence-electron chi connectivity index (χ3n) is 3.57. The molecule has 1 aromatic rings. The first-order valence-corrected chi connectivity index (χ1v) is 6.31. The summed E-state index contributed by atoms with van der Waals surface area (Å²) in [6.07, 6.45) is 2.05. The number of rotatable bonds is 4. The molecule has 0 spiro atoms. The molecule has 5 heteroatoms. The Balaban J connectivity index is 0.00000180. The second kappa shape index (κ2) is 7.58. The van der Waals surface area contributed by atoms with Gasteiger partial charge < -0.3 is 19.9 Å². The molecular formula is C14H22ClNO3. The molecule has 1 aromatic carbocycles. The lowest BCUT2D eigenvalue weighted by atomic mass is 9.88. The Labute approximate surface area is 120 Å². The van der Waals surface area contributed by atoms with Gasteiger partial charge in [0.05, 0.1) is 14.2 Å². The van der Waals surface area contributed by atoms with E-state index in [2.05, 4.69) is 0 Å². The molecule has 0 aromatic heterocycles. The molecule has 0 saturated carbocycles. The number of benzene rings is 1. The highest BCUT2D eigenvalue weighted by Gasteiger charge is 2.23. The average Bonchev–Trinajstić information content (AvgIpc) is 2.46. The highest BCUT2D eigenvalue weighted by atomic mass is 35.5. The fraction of sp³-hybridized carbons (Fsp3) is 0.571. The van der Waals surface area contributed by atoms with Crippen molar-refractivity contribution < 1.29 is 14.2 Å². The Hall–Kier alpha value is -0.970. The fourth-order valence-corrected chi connectivity index (χ4v) is 2.41. The van der Waals surface area contributed by atoms with Gasteiger partial charge in [0.25, 0.3) is 0 Å². The van der Waals surface area contributed by atoms with E-state index in [1.807, 2.05) is 18.2 Å². The van der Waals surface area contributed by atoms with Crippen LogP contribution >= 0.6 is 12.4 Å². The summed E-state index contributed by atoms with van der Waals surface area (Å²) in [7, 11) is 3.28. The molecule has 0 amide bonds. The van der Waals surface area contributed by atoms with Crippen LogP contribution in [-0.2, 0) is 4.74 Å². The van der Waals surface area contributed by atoms with Crippen molar-refractivity contribution in [1.29, 1.82) is 0 Å². The van der Waals surface area contributed by atoms with Gasteiger partial charge in [-0.15, -0.1) is 12.4 Å². The summed E-state index contributed by atoms with van der Waals surface area (Å²) in [5.41, 5.74) is 7.43. The Kier molecular flexibility index (Phi) is 6.42. The third kappa shape index (κ3) is 3.75. The van der Waals surface area contributed by atoms with E-state index in [9.17, 15) is 0 Å². The number of ether oxygens (including phenoxy) is 3. The second-order valence-electron chi connectivity index (χ2n) is 4.59. The smallest absolute Gasteiger partial charge is 0.161 e. The minimum atomic E-state index is 0. The van der Waals surface area contributed by atoms with Gasteiger partial charge in [-0.3, -0.25) is 0 Å². The van der Waals surface area contributed by atoms with Gasteiger partial charge in [0.15, 0.2) is 11.5 Å². The molecule has 1 aliphatic heterocycles. The van der Waals surface area contributed by atoms with E-state index in [-0.39, 0.29) is 18.4 Å². The summed E-state index contributed by atoms with van der Waals surface area (Å²) in [6.45, 7) is 1.62. The summed E-state index contributed by atoms with van der Waals surface area (Å²) in [5.74, 6) is 1.95. The van der Waals surface area contributed by atoms with Gasteiger partial charge in [0.1, 0.15) is 0 Å². The van der Waals surface area contributed by atoms with E-state index >= 15 is 0 Å². The molecule has 0 aliphatic carbocycles. The zero-order valence-electron chi connectivity index (χ0n) is 11.4. The minimum Gasteiger partial charge on any atom is -0.493 e. The normalized spacial score (nSPS) is 17.4. The summed E-state index contributed by atoms with van der Waals surface area (Å²) < 4.78 is 15.9. The van der Waals surface area contributed by atoms with Gasteiger partial charge in [-0.1, -0.05) is 6.07 Å². The molecule has 2 N–H and O–H groups in total. The van der Waals surface area contributed by atoms with Crippen molar-refractivity contribution in [1.82, 2.24) is 0 Å². The first-order chi connectivity index (χ1) is 8.76. The van der Waals surface area contributed by atoms with Crippen LogP contribution in [0.2, 0.25) is 0 Å². The molecule has 108 valence electrons. The van der Waals surface area contributed by atoms with Crippen LogP contribution in [0.5, 0.6) is 11.5 Å². The van der Waals surface area contributed by atoms with Crippen LogP contribution in [0.3, 0.4) is 0 Å². The van der Waals surface area contributed by atoms with Crippen molar-refractivity contribution in [3.05, 3.63) is 23.8 Å². The summed E-state index contributed by atoms with van der Waals surface area (Å²) >= 11 is 0. The molecule has 1 saturated heterocycles. The molecule has 1 heterocycles. The first-order valence-electron chi connectivity index (χ1n) is 6.31. The van der Waals surface area contributed by atoms with Crippen LogP contribution in [-0.4, -0.2) is 27.4 Å². The van der Waals surface area contributed by atoms with Crippen molar-refractivity contribution in [3.63, 3.8) is 0 Å². The monoisotopic (exact) mass is 287 g/mol. The molecule has 19 heavy (non-hydrogen) atoms. The molecule has 1 aliphatic rings. The van der Waals surface area contributed by atoms with Crippen LogP contribution < -0.4 is 15.2 Å². The standard InChI is InChI=1S/C14H21NO3.ClH/c1-16-12-4-3-11(9-13(12)17-2)14(15)10-5-7-18-8-6-10;/h3-4,9-10,14H,5-8,15H2,1-2H3;1H/t14-;/m0./s1. The Morgan fingerprint density at radius 3 is 2.37 bits per heavy atom. The number of nitrogens with two attached hydrogens (primary N) is 1. The van der Waals surface area contributed by atoms with Crippen LogP contribution in [0.4, 0.5) is 0 Å². The van der Waals surface area contributed by atoms with Gasteiger partial charge in [-0.25, -0.2) is 0 Å². The van der Waals surface area contributed by atoms with Crippen LogP contribution in [0.25, 0.3) is 0 Å². The number of halogens is 1. The number of hydrogen-bond donors (Lipinski definition) is 1. The fourth-order valence-electron chi connectivity index (χ4n) is 2.41. The molecule has 0 unspecified atom stereocenters. The maximum absolute atomic E-state index is 6.33. The molecule has 0 radical (unpaired) electrons. The summed E-state index contributed by atoms with van der Waals surface area (Å²) in [4.78, 5) is 0. The Morgan fingerprint density at radius 1 is 1.16 bits per heavy atom. The zero-order valence-corrected chi connectivity index (χ0v) is 12.2. The van der Waals surface area contributed by atoms with E-state index in [4.69, 9.17) is 19.9 Å². The molecule has 1 atom stereocenters. The van der Waals surface area contributed by atoms with Crippen molar-refractivity contribution in [2.45, 2.75) is 18.9 Å². The Bertz CT molecular complexity index is 394. The van der Waals surface area contributed by atoms with E-state index in [0.717, 1.165) is 43.1 Å². The lowest BCUT2D eigenvalue weighted by molar-refractivity contribution is 0.0583. The maximum atomic E-state index is 6.33. The van der Waals surface area contributed by atoms with Gasteiger partial charge in [-0.05, 0) is 36.5 Å². The highest BCUT2D eigenvalue weighted by Crippen LogP contribution is 2.33. The van der Waals surface area contributed by atoms with E-state index in [1.54, 1.807) is 14.2 Å². The first kappa shape index (κ1) is 16.1. The van der Waals surface area contributed by atoms with Gasteiger partial charge >= 0.3 is 0 Å². The molecule has 1 fully saturated rings. The van der Waals surface area contributed by atoms with E-state index < -0.39 is 0 Å². The average molecular weight is 288 g/mol. The number of methoxy groups -OCH3 is 2. The van der Waals surface area contributed by atoms with Crippen molar-refractivity contribution in [2.75, 3.05) is 27.4 Å². The van der Waals surface area contributed by atoms with Crippen LogP contribution in [0.1, 0.15) is 24.4 Å². The second-order valence-corrected chi connectivity index (χ2v) is 4.59. The van der Waals surface area contributed by atoms with Crippen molar-refractivity contribution in [2.24, 2.45) is 11.7 Å². The topological polar surface area (TPSA) is 53.7 Å². The quantitative estimate of drug-likeness (QED) is 0.925. The third-order valence-corrected chi connectivity index (χ3v) is 3.57. The predicted octanol–water partition coefficient (Wildman–Crippen LogP) is 2.55. The van der Waals surface area contributed by atoms with Crippen LogP contribution in [0, 0.1) is 5.92 Å². The van der Waals surface area contributed by atoms with E-state index in [0.29, 0.717) is 5.92 Å². The lowest BCUT2D eigenvalue weighted by Crippen LogP contribution is -2.27. The van der Waals surface area contributed by atoms with Gasteiger partial charge in [0.2, 0.25) is 0 Å². The van der Waals surface area contributed by atoms with E-state index in [1.165, 1.54) is 0 Å². The summed E-state index contributed by atoms with van der Waals surface area (Å²) in [6, 6.07) is 5.93. The molecular weight excluding hydrogens is 266 g/mol. The zero-order chi connectivity index (χ0) is 13.0. The Morgan fingerprint density at radius 2 is 1.79 bits per heavy atom. The SMILES string of the molecule is COc1ccc([C@@H](N)C2CCOCC2)cc1OC.Cl. The molecule has 0 bridgehead atoms. The highest BCUT2D eigenvalue weighted by molar-refractivity contribution is 5.85. The lowest BCUT2D eigenvalue weighted by Gasteiger charge is -2.28. The summed E-state index contributed by atoms with van der Waals surface area (Å²) in [5, 5.41) is 0. The van der Waals surface area contributed by atoms with Crippen molar-refractivity contribution >= 4 is 12.4 Å². The molecule has 2 rings (SSSR count). The predicted molar refractivity (Wildman–Crippen MR) is 77.3 cm³/mol. The largest absolute Gasteiger partial charge is 0.493 e. The number of hydrogen-bond acceptors (Lipinski definition) is 4. The minimum absolute atomic E-state index is 0. The van der Waals surface area contributed by atoms with Gasteiger partial charge in [-0.2, -0.15) is 0 Å². The maximum Gasteiger partial charge on any atom is 0.161 e. The van der Waals surface area contributed by atoms with Crippen molar-refractivity contribution in [3.8, 4) is 11.5 Å². The van der Waals surface area contributed by atoms with Crippen LogP contribution in [0.15, 0.2) is 18.2 Å². The molecule has 4 nitrogen and oxygen atoms in total. The van der Waals surface area contributed by atoms with Gasteiger partial charge in [0, 0.05) is 19.3 Å².